The van der Waals surface area contributed by atoms with E-state index in [0.29, 0.717) is 30.7 Å². The summed E-state index contributed by atoms with van der Waals surface area (Å²) < 4.78 is 4.94. The summed E-state index contributed by atoms with van der Waals surface area (Å²) in [6.45, 7) is 2.18. The average molecular weight is 372 g/mol. The maximum Gasteiger partial charge on any atom is 0.306 e. The molecule has 2 N–H and O–H groups in total. The number of nitrogen functional groups attached to an aromatic ring is 1. The number of esters is 1. The van der Waals surface area contributed by atoms with Crippen molar-refractivity contribution >= 4 is 29.3 Å². The molecule has 6 heteroatoms. The van der Waals surface area contributed by atoms with Crippen molar-refractivity contribution in [3.8, 4) is 0 Å². The fourth-order valence-corrected chi connectivity index (χ4v) is 3.38. The highest BCUT2D eigenvalue weighted by atomic mass is 32.2. The molecule has 0 saturated carbocycles. The maximum absolute atomic E-state index is 12.3. The number of rotatable bonds is 7. The Balaban J connectivity index is 2.14. The molecule has 0 radical (unpaired) electrons. The van der Waals surface area contributed by atoms with E-state index in [2.05, 4.69) is 0 Å². The number of carbonyl (C=O) groups is 2. The highest BCUT2D eigenvalue weighted by molar-refractivity contribution is 7.99. The predicted molar refractivity (Wildman–Crippen MR) is 104 cm³/mol. The molecule has 0 aromatic heterocycles. The molecule has 2 rings (SSSR count). The van der Waals surface area contributed by atoms with Gasteiger partial charge in [-0.25, -0.2) is 0 Å². The summed E-state index contributed by atoms with van der Waals surface area (Å²) in [5.41, 5.74) is 8.45. The van der Waals surface area contributed by atoms with Gasteiger partial charge in [0.1, 0.15) is 0 Å². The molecule has 0 atom stereocenters. The number of nitrogens with two attached hydrogens (primary N) is 1. The van der Waals surface area contributed by atoms with Gasteiger partial charge in [-0.1, -0.05) is 30.0 Å². The summed E-state index contributed by atoms with van der Waals surface area (Å²) in [7, 11) is 3.47. The van der Waals surface area contributed by atoms with Gasteiger partial charge < -0.3 is 15.4 Å². The zero-order valence-electron chi connectivity index (χ0n) is 15.3. The van der Waals surface area contributed by atoms with Crippen molar-refractivity contribution in [1.29, 1.82) is 0 Å². The number of nitrogens with zero attached hydrogens (tertiary/aromatic N) is 1. The summed E-state index contributed by atoms with van der Waals surface area (Å²) in [5.74, 6) is -0.252. The smallest absolute Gasteiger partial charge is 0.306 e. The van der Waals surface area contributed by atoms with Crippen LogP contribution in [0.3, 0.4) is 0 Å². The van der Waals surface area contributed by atoms with Crippen LogP contribution < -0.4 is 5.73 Å². The van der Waals surface area contributed by atoms with E-state index in [1.165, 1.54) is 11.8 Å². The van der Waals surface area contributed by atoms with Crippen LogP contribution in [0.2, 0.25) is 0 Å². The van der Waals surface area contributed by atoms with Gasteiger partial charge in [-0.15, -0.1) is 0 Å². The molecular formula is C20H24N2O3S. The van der Waals surface area contributed by atoms with E-state index < -0.39 is 0 Å². The lowest BCUT2D eigenvalue weighted by Gasteiger charge is -2.14. The molecular weight excluding hydrogens is 348 g/mol. The Bertz CT molecular complexity index is 790. The van der Waals surface area contributed by atoms with Gasteiger partial charge >= 0.3 is 5.97 Å². The minimum Gasteiger partial charge on any atom is -0.466 e. The molecule has 0 heterocycles. The topological polar surface area (TPSA) is 72.6 Å². The third-order valence-electron chi connectivity index (χ3n) is 3.74. The number of carbonyl (C=O) groups excluding carboxylic acids is 2. The van der Waals surface area contributed by atoms with Crippen LogP contribution in [0.1, 0.15) is 29.3 Å². The van der Waals surface area contributed by atoms with Crippen LogP contribution in [0.15, 0.2) is 52.3 Å². The monoisotopic (exact) mass is 372 g/mol. The first-order valence-corrected chi connectivity index (χ1v) is 9.26. The Hall–Kier alpha value is -2.47. The van der Waals surface area contributed by atoms with Gasteiger partial charge in [0, 0.05) is 36.0 Å². The van der Waals surface area contributed by atoms with Crippen molar-refractivity contribution in [3.05, 3.63) is 53.6 Å². The molecule has 0 spiro atoms. The number of aryl methyl sites for hydroxylation is 1. The minimum absolute atomic E-state index is 0.0438. The normalized spacial score (nSPS) is 10.4. The summed E-state index contributed by atoms with van der Waals surface area (Å²) in [6, 6.07) is 13.2. The second-order valence-corrected chi connectivity index (χ2v) is 7.06. The lowest BCUT2D eigenvalue weighted by Crippen LogP contribution is -2.22. The van der Waals surface area contributed by atoms with Crippen molar-refractivity contribution < 1.29 is 14.3 Å². The molecule has 5 nitrogen and oxygen atoms in total. The van der Waals surface area contributed by atoms with E-state index in [9.17, 15) is 9.59 Å². The zero-order chi connectivity index (χ0) is 19.1. The number of hydrogen-bond donors (Lipinski definition) is 1. The third-order valence-corrected chi connectivity index (χ3v) is 4.91. The number of ether oxygens (including phenoxy) is 1. The lowest BCUT2D eigenvalue weighted by atomic mass is 10.1. The molecule has 0 aliphatic rings. The van der Waals surface area contributed by atoms with Crippen molar-refractivity contribution in [1.82, 2.24) is 4.90 Å². The van der Waals surface area contributed by atoms with E-state index in [1.54, 1.807) is 25.9 Å². The van der Waals surface area contributed by atoms with Gasteiger partial charge in [0.05, 0.1) is 12.2 Å². The fourth-order valence-electron chi connectivity index (χ4n) is 2.42. The predicted octanol–water partition coefficient (Wildman–Crippen LogP) is 3.62. The van der Waals surface area contributed by atoms with Gasteiger partial charge in [0.15, 0.2) is 0 Å². The quantitative estimate of drug-likeness (QED) is 0.594. The first-order valence-electron chi connectivity index (χ1n) is 8.45. The zero-order valence-corrected chi connectivity index (χ0v) is 16.1. The summed E-state index contributed by atoms with van der Waals surface area (Å²) >= 11 is 1.46. The van der Waals surface area contributed by atoms with Crippen LogP contribution in [-0.4, -0.2) is 37.5 Å². The lowest BCUT2D eigenvalue weighted by molar-refractivity contribution is -0.143. The summed E-state index contributed by atoms with van der Waals surface area (Å²) in [6.07, 6.45) is 0.920. The molecule has 0 unspecified atom stereocenters. The van der Waals surface area contributed by atoms with Crippen LogP contribution in [0, 0.1) is 0 Å². The van der Waals surface area contributed by atoms with E-state index in [4.69, 9.17) is 10.5 Å². The molecule has 1 amide bonds. The first-order chi connectivity index (χ1) is 12.4. The van der Waals surface area contributed by atoms with Crippen LogP contribution in [0.25, 0.3) is 0 Å². The minimum atomic E-state index is -0.208. The van der Waals surface area contributed by atoms with Gasteiger partial charge in [-0.3, -0.25) is 9.59 Å². The second kappa shape index (κ2) is 9.29. The Morgan fingerprint density at radius 3 is 2.50 bits per heavy atom. The van der Waals surface area contributed by atoms with Crippen LogP contribution >= 0.6 is 11.8 Å². The first kappa shape index (κ1) is 19.8. The van der Waals surface area contributed by atoms with Crippen molar-refractivity contribution in [3.63, 3.8) is 0 Å². The molecule has 0 saturated heterocycles. The van der Waals surface area contributed by atoms with E-state index in [-0.39, 0.29) is 11.9 Å². The fraction of sp³-hybridized carbons (Fsp3) is 0.300. The van der Waals surface area contributed by atoms with Crippen molar-refractivity contribution in [2.75, 3.05) is 26.4 Å². The standard InChI is InChI=1S/C20H24N2O3S/c1-4-25-19(23)12-10-14-9-11-18(16(21)13-14)26-17-8-6-5-7-15(17)20(24)22(2)3/h5-9,11,13H,4,10,12,21H2,1-3H3. The van der Waals surface area contributed by atoms with Crippen LogP contribution in [0.4, 0.5) is 5.69 Å². The second-order valence-electron chi connectivity index (χ2n) is 5.98. The van der Waals surface area contributed by atoms with Gasteiger partial charge in [0.2, 0.25) is 0 Å². The Labute approximate surface area is 158 Å². The van der Waals surface area contributed by atoms with Gasteiger partial charge in [-0.05, 0) is 43.2 Å². The molecule has 138 valence electrons. The molecule has 0 bridgehead atoms. The van der Waals surface area contributed by atoms with E-state index >= 15 is 0 Å². The molecule has 26 heavy (non-hydrogen) atoms. The number of hydrogen-bond acceptors (Lipinski definition) is 5. The Morgan fingerprint density at radius 1 is 1.12 bits per heavy atom. The van der Waals surface area contributed by atoms with Crippen LogP contribution in [-0.2, 0) is 16.0 Å². The maximum atomic E-state index is 12.3. The SMILES string of the molecule is CCOC(=O)CCc1ccc(Sc2ccccc2C(=O)N(C)C)c(N)c1. The molecule has 2 aromatic carbocycles. The number of amides is 1. The molecule has 0 fully saturated rings. The Kier molecular flexibility index (Phi) is 7.09. The Morgan fingerprint density at radius 2 is 1.85 bits per heavy atom. The largest absolute Gasteiger partial charge is 0.466 e. The van der Waals surface area contributed by atoms with E-state index in [1.807, 2.05) is 42.5 Å². The number of anilines is 1. The summed E-state index contributed by atoms with van der Waals surface area (Å²) in [4.78, 5) is 27.1. The van der Waals surface area contributed by atoms with E-state index in [0.717, 1.165) is 15.4 Å². The molecule has 2 aromatic rings. The summed E-state index contributed by atoms with van der Waals surface area (Å²) in [5, 5.41) is 0. The van der Waals surface area contributed by atoms with Gasteiger partial charge in [0.25, 0.3) is 5.91 Å². The van der Waals surface area contributed by atoms with Crippen LogP contribution in [0.5, 0.6) is 0 Å². The van der Waals surface area contributed by atoms with Gasteiger partial charge in [-0.2, -0.15) is 0 Å². The molecule has 0 aliphatic carbocycles. The third kappa shape index (κ3) is 5.26. The highest BCUT2D eigenvalue weighted by Gasteiger charge is 2.14. The highest BCUT2D eigenvalue weighted by Crippen LogP contribution is 2.35. The molecule has 0 aliphatic heterocycles. The van der Waals surface area contributed by atoms with Crippen molar-refractivity contribution in [2.45, 2.75) is 29.6 Å². The number of benzene rings is 2. The average Bonchev–Trinajstić information content (AvgIpc) is 2.62. The van der Waals surface area contributed by atoms with Crippen molar-refractivity contribution in [2.24, 2.45) is 0 Å².